The first-order valence-corrected chi connectivity index (χ1v) is 7.21. The molecule has 1 fully saturated rings. The second-order valence-corrected chi connectivity index (χ2v) is 6.05. The molecule has 112 valence electrons. The quantitative estimate of drug-likeness (QED) is 0.738. The molecule has 1 aliphatic heterocycles. The molecule has 6 nitrogen and oxygen atoms in total. The number of nitrogens with zero attached hydrogens (tertiary/aromatic N) is 3. The average molecular weight is 280 g/mol. The highest BCUT2D eigenvalue weighted by molar-refractivity contribution is 5.09. The maximum Gasteiger partial charge on any atom is 0.355 e. The van der Waals surface area contributed by atoms with Crippen molar-refractivity contribution in [3.05, 3.63) is 22.1 Å². The van der Waals surface area contributed by atoms with E-state index in [1.165, 1.54) is 0 Å². The molecule has 6 heteroatoms. The summed E-state index contributed by atoms with van der Waals surface area (Å²) in [5.74, 6) is 0.428. The summed E-state index contributed by atoms with van der Waals surface area (Å²) in [5, 5.41) is 0. The molecule has 2 heterocycles. The molecule has 0 bridgehead atoms. The molecule has 2 rings (SSSR count). The second-order valence-electron chi connectivity index (χ2n) is 6.05. The minimum Gasteiger partial charge on any atom is -0.303 e. The van der Waals surface area contributed by atoms with E-state index in [4.69, 9.17) is 5.73 Å². The third-order valence-electron chi connectivity index (χ3n) is 4.06. The summed E-state index contributed by atoms with van der Waals surface area (Å²) >= 11 is 0. The first-order chi connectivity index (χ1) is 9.38. The van der Waals surface area contributed by atoms with Crippen LogP contribution in [0.25, 0.3) is 0 Å². The summed E-state index contributed by atoms with van der Waals surface area (Å²) in [6.07, 6.45) is 1.85. The third-order valence-corrected chi connectivity index (χ3v) is 4.06. The molecule has 1 aliphatic rings. The molecule has 0 aromatic carbocycles. The molecule has 1 atom stereocenters. The lowest BCUT2D eigenvalue weighted by molar-refractivity contribution is -0.690. The van der Waals surface area contributed by atoms with Crippen LogP contribution in [0.5, 0.6) is 0 Å². The van der Waals surface area contributed by atoms with Crippen molar-refractivity contribution in [1.82, 2.24) is 14.8 Å². The van der Waals surface area contributed by atoms with Gasteiger partial charge in [0.2, 0.25) is 0 Å². The Balaban J connectivity index is 2.22. The Bertz CT molecular complexity index is 525. The lowest BCUT2D eigenvalue weighted by Crippen LogP contribution is -2.60. The van der Waals surface area contributed by atoms with Crippen LogP contribution >= 0.6 is 0 Å². The summed E-state index contributed by atoms with van der Waals surface area (Å²) in [4.78, 5) is 19.1. The molecule has 3 N–H and O–H groups in total. The maximum absolute atomic E-state index is 11.5. The smallest absolute Gasteiger partial charge is 0.303 e. The number of likely N-dealkylation sites (N-methyl/N-ethyl adjacent to an activating group) is 1. The Hall–Kier alpha value is -1.40. The molecule has 0 aliphatic carbocycles. The number of aromatic amines is 1. The van der Waals surface area contributed by atoms with Crippen LogP contribution in [0.1, 0.15) is 19.4 Å². The number of anilines is 1. The molecule has 1 aromatic heterocycles. The number of hydrogen-bond acceptors (Lipinski definition) is 4. The minimum absolute atomic E-state index is 0.111. The highest BCUT2D eigenvalue weighted by Gasteiger charge is 2.29. The monoisotopic (exact) mass is 280 g/mol. The number of piperazine rings is 1. The number of rotatable bonds is 3. The second kappa shape index (κ2) is 5.93. The van der Waals surface area contributed by atoms with Crippen LogP contribution in [0.15, 0.2) is 11.0 Å². The fraction of sp³-hybridized carbons (Fsp3) is 0.714. The van der Waals surface area contributed by atoms with Gasteiger partial charge in [0.1, 0.15) is 0 Å². The van der Waals surface area contributed by atoms with Crippen LogP contribution in [0.4, 0.5) is 5.95 Å². The molecule has 0 radical (unpaired) electrons. The molecule has 0 spiro atoms. The van der Waals surface area contributed by atoms with Gasteiger partial charge in [0.15, 0.2) is 0 Å². The summed E-state index contributed by atoms with van der Waals surface area (Å²) in [5.41, 5.74) is 6.52. The van der Waals surface area contributed by atoms with Crippen LogP contribution < -0.4 is 15.9 Å². The van der Waals surface area contributed by atoms with Gasteiger partial charge in [-0.05, 0) is 27.8 Å². The van der Waals surface area contributed by atoms with Gasteiger partial charge in [0.05, 0.1) is 24.3 Å². The lowest BCUT2D eigenvalue weighted by Gasteiger charge is -2.41. The van der Waals surface area contributed by atoms with E-state index in [1.54, 1.807) is 0 Å². The van der Waals surface area contributed by atoms with E-state index >= 15 is 0 Å². The predicted molar refractivity (Wildman–Crippen MR) is 79.5 cm³/mol. The molecule has 1 unspecified atom stereocenters. The van der Waals surface area contributed by atoms with Gasteiger partial charge in [-0.2, -0.15) is 0 Å². The molecule has 20 heavy (non-hydrogen) atoms. The number of hydrogen-bond donors (Lipinski definition) is 2. The van der Waals surface area contributed by atoms with Gasteiger partial charge < -0.3 is 4.90 Å². The number of H-pyrrole nitrogens is 1. The van der Waals surface area contributed by atoms with E-state index in [0.29, 0.717) is 23.6 Å². The Morgan fingerprint density at radius 1 is 1.50 bits per heavy atom. The van der Waals surface area contributed by atoms with Crippen LogP contribution in [-0.2, 0) is 6.54 Å². The molecular formula is C14H26N5O+. The van der Waals surface area contributed by atoms with Crippen molar-refractivity contribution in [2.45, 2.75) is 39.4 Å². The van der Waals surface area contributed by atoms with Gasteiger partial charge in [-0.1, -0.05) is 0 Å². The molecule has 1 saturated heterocycles. The Kier molecular flexibility index (Phi) is 4.45. The lowest BCUT2D eigenvalue weighted by atomic mass is 10.1. The zero-order valence-corrected chi connectivity index (χ0v) is 12.9. The average Bonchev–Trinajstić information content (AvgIpc) is 2.35. The van der Waals surface area contributed by atoms with Crippen LogP contribution in [0, 0.1) is 6.92 Å². The van der Waals surface area contributed by atoms with Gasteiger partial charge in [-0.25, -0.2) is 9.55 Å². The van der Waals surface area contributed by atoms with Crippen LogP contribution in [-0.4, -0.2) is 53.5 Å². The van der Waals surface area contributed by atoms with Gasteiger partial charge in [0, 0.05) is 25.7 Å². The topological polar surface area (TPSA) is 69.2 Å². The van der Waals surface area contributed by atoms with E-state index < -0.39 is 0 Å². The fourth-order valence-corrected chi connectivity index (χ4v) is 2.89. The maximum atomic E-state index is 11.5. The number of aryl methyl sites for hydroxylation is 1. The normalized spacial score (nSPS) is 21.6. The van der Waals surface area contributed by atoms with Crippen molar-refractivity contribution in [3.8, 4) is 0 Å². The van der Waals surface area contributed by atoms with Crippen molar-refractivity contribution in [1.29, 1.82) is 0 Å². The van der Waals surface area contributed by atoms with Crippen molar-refractivity contribution < 1.29 is 4.57 Å². The van der Waals surface area contributed by atoms with Crippen molar-refractivity contribution in [2.75, 3.05) is 32.4 Å². The molecule has 0 saturated carbocycles. The molecule has 0 amide bonds. The first kappa shape index (κ1) is 15.0. The minimum atomic E-state index is -0.111. The zero-order valence-electron chi connectivity index (χ0n) is 12.9. The van der Waals surface area contributed by atoms with Crippen molar-refractivity contribution >= 4 is 5.95 Å². The van der Waals surface area contributed by atoms with Gasteiger partial charge in [-0.15, -0.1) is 0 Å². The van der Waals surface area contributed by atoms with Gasteiger partial charge >= 0.3 is 11.5 Å². The Morgan fingerprint density at radius 2 is 2.20 bits per heavy atom. The van der Waals surface area contributed by atoms with Gasteiger partial charge in [-0.3, -0.25) is 15.4 Å². The van der Waals surface area contributed by atoms with Crippen molar-refractivity contribution in [2.24, 2.45) is 0 Å². The van der Waals surface area contributed by atoms with E-state index in [1.807, 2.05) is 17.7 Å². The zero-order chi connectivity index (χ0) is 14.9. The van der Waals surface area contributed by atoms with E-state index in [9.17, 15) is 4.79 Å². The van der Waals surface area contributed by atoms with E-state index in [0.717, 1.165) is 26.2 Å². The fourth-order valence-electron chi connectivity index (χ4n) is 2.89. The number of nitrogens with one attached hydrogen (secondary N) is 1. The van der Waals surface area contributed by atoms with Crippen LogP contribution in [0.3, 0.4) is 0 Å². The summed E-state index contributed by atoms with van der Waals surface area (Å²) in [6.45, 7) is 10.2. The molecular weight excluding hydrogens is 254 g/mol. The SMILES string of the molecule is Cc1c[n+](CC2CN(C)CCN2C(C)C)c(N)[nH]c1=O. The highest BCUT2D eigenvalue weighted by Crippen LogP contribution is 2.12. The van der Waals surface area contributed by atoms with Gasteiger partial charge in [0.25, 0.3) is 0 Å². The largest absolute Gasteiger partial charge is 0.355 e. The summed E-state index contributed by atoms with van der Waals surface area (Å²) in [7, 11) is 2.15. The van der Waals surface area contributed by atoms with E-state index in [-0.39, 0.29) is 5.56 Å². The number of nitrogen functional groups attached to an aromatic ring is 1. The van der Waals surface area contributed by atoms with Crippen LogP contribution in [0.2, 0.25) is 0 Å². The molecule has 1 aromatic rings. The number of aromatic nitrogens is 2. The Morgan fingerprint density at radius 3 is 2.85 bits per heavy atom. The Labute approximate surface area is 120 Å². The highest BCUT2D eigenvalue weighted by atomic mass is 16.1. The first-order valence-electron chi connectivity index (χ1n) is 7.21. The third kappa shape index (κ3) is 3.19. The summed E-state index contributed by atoms with van der Waals surface area (Å²) < 4.78 is 1.95. The van der Waals surface area contributed by atoms with Crippen molar-refractivity contribution in [3.63, 3.8) is 0 Å². The van der Waals surface area contributed by atoms with E-state index in [2.05, 4.69) is 35.7 Å². The standard InChI is InChI=1S/C14H25N5O/c1-10(2)19-6-5-17(4)8-12(19)9-18-7-11(3)13(20)16-14(18)15/h7,10,12H,5-6,8-9H2,1-4H3,(H2,15,16,20)/p+1. The number of nitrogens with two attached hydrogens (primary N) is 1. The predicted octanol–water partition coefficient (Wildman–Crippen LogP) is -0.423. The summed E-state index contributed by atoms with van der Waals surface area (Å²) in [6, 6.07) is 0.922.